The number of aryl methyl sites for hydroxylation is 1. The summed E-state index contributed by atoms with van der Waals surface area (Å²) >= 11 is 6.82. The molecule has 0 bridgehead atoms. The van der Waals surface area contributed by atoms with Crippen LogP contribution in [0.3, 0.4) is 0 Å². The number of benzene rings is 2. The van der Waals surface area contributed by atoms with Crippen LogP contribution >= 0.6 is 22.9 Å². The number of fused-ring (bicyclic) bond motifs is 1. The van der Waals surface area contributed by atoms with Crippen molar-refractivity contribution in [1.29, 1.82) is 0 Å². The topological polar surface area (TPSA) is 46.2 Å². The summed E-state index contributed by atoms with van der Waals surface area (Å²) in [6.45, 7) is 1.98. The van der Waals surface area contributed by atoms with E-state index in [1.807, 2.05) is 31.2 Å². The highest BCUT2D eigenvalue weighted by Crippen LogP contribution is 2.20. The molecule has 0 fully saturated rings. The van der Waals surface area contributed by atoms with Crippen LogP contribution in [0.25, 0.3) is 10.8 Å². The fourth-order valence-electron chi connectivity index (χ4n) is 2.10. The van der Waals surface area contributed by atoms with Crippen molar-refractivity contribution < 1.29 is 4.79 Å². The van der Waals surface area contributed by atoms with Gasteiger partial charge in [0.25, 0.3) is 5.91 Å². The summed E-state index contributed by atoms with van der Waals surface area (Å²) in [4.78, 5) is 24.8. The first-order valence-electron chi connectivity index (χ1n) is 6.64. The van der Waals surface area contributed by atoms with Gasteiger partial charge in [-0.25, -0.2) is 0 Å². The van der Waals surface area contributed by atoms with Crippen LogP contribution < -0.4 is 10.1 Å². The lowest BCUT2D eigenvalue weighted by atomic mass is 10.2. The van der Waals surface area contributed by atoms with E-state index in [0.29, 0.717) is 26.4 Å². The number of hydrogen-bond donors (Lipinski definition) is 1. The van der Waals surface area contributed by atoms with Crippen molar-refractivity contribution in [3.63, 3.8) is 0 Å². The summed E-state index contributed by atoms with van der Waals surface area (Å²) in [6, 6.07) is 14.3. The monoisotopic (exact) mass is 329 g/mol. The molecule has 1 aromatic heterocycles. The van der Waals surface area contributed by atoms with Gasteiger partial charge in [-0.15, -0.1) is 0 Å². The summed E-state index contributed by atoms with van der Waals surface area (Å²) in [6.07, 6.45) is 0. The highest BCUT2D eigenvalue weighted by atomic mass is 35.5. The number of carbonyl (C=O) groups excluding carboxylic acids is 1. The Kier molecular flexibility index (Phi) is 3.96. The molecule has 0 atom stereocenters. The molecular weight excluding hydrogens is 318 g/mol. The number of anilines is 1. The molecule has 1 heterocycles. The van der Waals surface area contributed by atoms with E-state index in [2.05, 4.69) is 5.32 Å². The van der Waals surface area contributed by atoms with E-state index in [4.69, 9.17) is 11.6 Å². The summed E-state index contributed by atoms with van der Waals surface area (Å²) in [5.41, 5.74) is 1.82. The van der Waals surface area contributed by atoms with Gasteiger partial charge in [-0.2, -0.15) is 0 Å². The van der Waals surface area contributed by atoms with Gasteiger partial charge in [0.15, 0.2) is 0 Å². The van der Waals surface area contributed by atoms with Crippen molar-refractivity contribution in [2.75, 3.05) is 5.32 Å². The maximum absolute atomic E-state index is 12.3. The lowest BCUT2D eigenvalue weighted by Gasteiger charge is -2.06. The van der Waals surface area contributed by atoms with Gasteiger partial charge < -0.3 is 5.32 Å². The van der Waals surface area contributed by atoms with E-state index in [1.54, 1.807) is 24.3 Å². The highest BCUT2D eigenvalue weighted by molar-refractivity contribution is 7.12. The van der Waals surface area contributed by atoms with Gasteiger partial charge in [-0.3, -0.25) is 9.59 Å². The maximum Gasteiger partial charge on any atom is 0.265 e. The Hall–Kier alpha value is -2.17. The second-order valence-corrected chi connectivity index (χ2v) is 6.40. The molecule has 1 amide bonds. The maximum atomic E-state index is 12.3. The standard InChI is InChI=1S/C17H12ClNO2S/c1-10-2-6-13(7-3-10)19-16(20)15-8-11-4-5-12(18)9-14(11)17(21)22-15/h2-9H,1H3,(H,19,20). The lowest BCUT2D eigenvalue weighted by molar-refractivity contribution is 0.103. The zero-order chi connectivity index (χ0) is 15.7. The largest absolute Gasteiger partial charge is 0.321 e. The third-order valence-corrected chi connectivity index (χ3v) is 4.42. The number of rotatable bonds is 2. The van der Waals surface area contributed by atoms with Crippen LogP contribution in [-0.4, -0.2) is 5.91 Å². The Morgan fingerprint density at radius 2 is 1.82 bits per heavy atom. The van der Waals surface area contributed by atoms with Gasteiger partial charge in [-0.05, 0) is 42.6 Å². The second-order valence-electron chi connectivity index (χ2n) is 4.95. The minimum absolute atomic E-state index is 0.172. The SMILES string of the molecule is Cc1ccc(NC(=O)c2cc3ccc(Cl)cc3c(=O)s2)cc1. The van der Waals surface area contributed by atoms with Gasteiger partial charge >= 0.3 is 0 Å². The molecule has 2 aromatic carbocycles. The van der Waals surface area contributed by atoms with E-state index in [-0.39, 0.29) is 10.6 Å². The first-order valence-corrected chi connectivity index (χ1v) is 7.84. The molecule has 110 valence electrons. The van der Waals surface area contributed by atoms with Gasteiger partial charge in [0.2, 0.25) is 4.74 Å². The zero-order valence-electron chi connectivity index (χ0n) is 11.7. The molecule has 0 radical (unpaired) electrons. The molecule has 5 heteroatoms. The molecule has 0 saturated carbocycles. The van der Waals surface area contributed by atoms with Crippen molar-refractivity contribution in [2.24, 2.45) is 0 Å². The van der Waals surface area contributed by atoms with Crippen LogP contribution in [0.2, 0.25) is 5.02 Å². The quantitative estimate of drug-likeness (QED) is 0.753. The summed E-state index contributed by atoms with van der Waals surface area (Å²) < 4.78 is -0.172. The molecule has 0 aliphatic heterocycles. The average molecular weight is 330 g/mol. The van der Waals surface area contributed by atoms with Crippen molar-refractivity contribution in [2.45, 2.75) is 6.92 Å². The van der Waals surface area contributed by atoms with Gasteiger partial charge in [0.1, 0.15) is 0 Å². The molecule has 22 heavy (non-hydrogen) atoms. The Balaban J connectivity index is 1.96. The molecule has 0 spiro atoms. The Morgan fingerprint density at radius 1 is 1.09 bits per heavy atom. The first kappa shape index (κ1) is 14.8. The van der Waals surface area contributed by atoms with Crippen LogP contribution in [0.1, 0.15) is 15.2 Å². The number of halogens is 1. The van der Waals surface area contributed by atoms with Crippen molar-refractivity contribution >= 4 is 45.3 Å². The van der Waals surface area contributed by atoms with E-state index in [0.717, 1.165) is 16.9 Å². The molecule has 0 aliphatic carbocycles. The molecule has 0 aliphatic rings. The Morgan fingerprint density at radius 3 is 2.55 bits per heavy atom. The molecule has 0 unspecified atom stereocenters. The van der Waals surface area contributed by atoms with E-state index in [1.165, 1.54) is 0 Å². The Labute approximate surface area is 136 Å². The number of hydrogen-bond acceptors (Lipinski definition) is 3. The summed E-state index contributed by atoms with van der Waals surface area (Å²) in [5, 5.41) is 4.55. The Bertz CT molecular complexity index is 916. The molecular formula is C17H12ClNO2S. The number of carbonyl (C=O) groups is 1. The smallest absolute Gasteiger partial charge is 0.265 e. The average Bonchev–Trinajstić information content (AvgIpc) is 2.50. The normalized spacial score (nSPS) is 10.6. The van der Waals surface area contributed by atoms with E-state index >= 15 is 0 Å². The minimum atomic E-state index is -0.289. The third-order valence-electron chi connectivity index (χ3n) is 3.26. The summed E-state index contributed by atoms with van der Waals surface area (Å²) in [5.74, 6) is -0.289. The fraction of sp³-hybridized carbons (Fsp3) is 0.0588. The second kappa shape index (κ2) is 5.91. The number of amides is 1. The van der Waals surface area contributed by atoms with Crippen molar-refractivity contribution in [3.8, 4) is 0 Å². The van der Waals surface area contributed by atoms with Gasteiger partial charge in [0, 0.05) is 16.1 Å². The molecule has 1 N–H and O–H groups in total. The molecule has 3 nitrogen and oxygen atoms in total. The van der Waals surface area contributed by atoms with Crippen LogP contribution in [0, 0.1) is 6.92 Å². The van der Waals surface area contributed by atoms with Crippen LogP contribution in [-0.2, 0) is 0 Å². The van der Waals surface area contributed by atoms with Gasteiger partial charge in [-0.1, -0.05) is 46.7 Å². The molecule has 0 saturated heterocycles. The zero-order valence-corrected chi connectivity index (χ0v) is 13.3. The highest BCUT2D eigenvalue weighted by Gasteiger charge is 2.11. The third kappa shape index (κ3) is 3.03. The predicted octanol–water partition coefficient (Wildman–Crippen LogP) is 4.48. The fourth-order valence-corrected chi connectivity index (χ4v) is 3.09. The van der Waals surface area contributed by atoms with E-state index in [9.17, 15) is 9.59 Å². The van der Waals surface area contributed by atoms with E-state index < -0.39 is 0 Å². The van der Waals surface area contributed by atoms with Crippen molar-refractivity contribution in [1.82, 2.24) is 0 Å². The first-order chi connectivity index (χ1) is 10.5. The molecule has 3 aromatic rings. The summed E-state index contributed by atoms with van der Waals surface area (Å²) in [7, 11) is 0. The lowest BCUT2D eigenvalue weighted by Crippen LogP contribution is -2.12. The van der Waals surface area contributed by atoms with Crippen LogP contribution in [0.5, 0.6) is 0 Å². The van der Waals surface area contributed by atoms with Crippen LogP contribution in [0.15, 0.2) is 53.3 Å². The minimum Gasteiger partial charge on any atom is -0.321 e. The van der Waals surface area contributed by atoms with Crippen LogP contribution in [0.4, 0.5) is 5.69 Å². The predicted molar refractivity (Wildman–Crippen MR) is 92.2 cm³/mol. The number of nitrogens with one attached hydrogen (secondary N) is 1. The van der Waals surface area contributed by atoms with Gasteiger partial charge in [0.05, 0.1) is 4.88 Å². The van der Waals surface area contributed by atoms with Crippen molar-refractivity contribution in [3.05, 3.63) is 73.5 Å². The molecule has 3 rings (SSSR count).